The third kappa shape index (κ3) is 7.11. The normalized spacial score (nSPS) is 19.4. The highest BCUT2D eigenvalue weighted by molar-refractivity contribution is 14.1. The van der Waals surface area contributed by atoms with Crippen LogP contribution in [0.15, 0.2) is 54.7 Å². The van der Waals surface area contributed by atoms with Crippen LogP contribution in [0.5, 0.6) is 0 Å². The van der Waals surface area contributed by atoms with Gasteiger partial charge in [-0.15, -0.1) is 0 Å². The number of hydrogen-bond donors (Lipinski definition) is 3. The average Bonchev–Trinajstić information content (AvgIpc) is 3.32. The minimum absolute atomic E-state index is 0.0865. The summed E-state index contributed by atoms with van der Waals surface area (Å²) >= 11 is 2.45. The molecule has 1 amide bonds. The predicted octanol–water partition coefficient (Wildman–Crippen LogP) is 4.76. The van der Waals surface area contributed by atoms with Gasteiger partial charge in [-0.25, -0.2) is 13.4 Å². The second-order valence-electron chi connectivity index (χ2n) is 9.63. The van der Waals surface area contributed by atoms with E-state index in [1.54, 1.807) is 12.1 Å². The molecule has 8 nitrogen and oxygen atoms in total. The summed E-state index contributed by atoms with van der Waals surface area (Å²) < 4.78 is 27.0. The first-order valence-corrected chi connectivity index (χ1v) is 15.6. The summed E-state index contributed by atoms with van der Waals surface area (Å²) in [6, 6.07) is 15.2. The van der Waals surface area contributed by atoms with Crippen molar-refractivity contribution in [3.05, 3.63) is 82.9 Å². The maximum absolute atomic E-state index is 12.3. The van der Waals surface area contributed by atoms with Gasteiger partial charge in [0.25, 0.3) is 5.91 Å². The highest BCUT2D eigenvalue weighted by Gasteiger charge is 2.34. The van der Waals surface area contributed by atoms with E-state index in [4.69, 9.17) is 0 Å². The molecule has 1 saturated heterocycles. The summed E-state index contributed by atoms with van der Waals surface area (Å²) in [6.45, 7) is 5.55. The van der Waals surface area contributed by atoms with Crippen molar-refractivity contribution in [1.29, 1.82) is 0 Å². The van der Waals surface area contributed by atoms with Gasteiger partial charge in [-0.3, -0.25) is 14.4 Å². The van der Waals surface area contributed by atoms with Gasteiger partial charge in [0.05, 0.1) is 27.7 Å². The molecule has 1 aliphatic rings. The molecule has 3 aromatic rings. The third-order valence-corrected chi connectivity index (χ3v) is 8.10. The van der Waals surface area contributed by atoms with Crippen LogP contribution in [0.4, 0.5) is 5.69 Å². The van der Waals surface area contributed by atoms with Gasteiger partial charge in [0.15, 0.2) is 0 Å². The van der Waals surface area contributed by atoms with Crippen molar-refractivity contribution in [3.8, 4) is 0 Å². The van der Waals surface area contributed by atoms with E-state index in [1.165, 1.54) is 6.26 Å². The van der Waals surface area contributed by atoms with Crippen LogP contribution in [0.1, 0.15) is 64.7 Å². The molecule has 0 bridgehead atoms. The molecule has 3 atom stereocenters. The van der Waals surface area contributed by atoms with Gasteiger partial charge in [0.2, 0.25) is 10.0 Å². The number of benzene rings is 2. The van der Waals surface area contributed by atoms with Gasteiger partial charge < -0.3 is 10.3 Å². The number of aryl methyl sites for hydroxylation is 1. The van der Waals surface area contributed by atoms with Crippen molar-refractivity contribution in [2.75, 3.05) is 24.1 Å². The number of likely N-dealkylation sites (tertiary alicyclic amines) is 1. The molecule has 3 unspecified atom stereocenters. The van der Waals surface area contributed by atoms with E-state index in [2.05, 4.69) is 54.4 Å². The van der Waals surface area contributed by atoms with E-state index in [0.717, 1.165) is 42.0 Å². The van der Waals surface area contributed by atoms with Crippen LogP contribution < -0.4 is 10.0 Å². The number of imidazole rings is 1. The minimum atomic E-state index is -3.37. The zero-order valence-corrected chi connectivity index (χ0v) is 24.3. The first kappa shape index (κ1) is 27.6. The maximum Gasteiger partial charge on any atom is 0.251 e. The topological polar surface area (TPSA) is 107 Å². The lowest BCUT2D eigenvalue weighted by Crippen LogP contribution is -2.41. The molecule has 1 aromatic heterocycles. The molecule has 0 spiro atoms. The van der Waals surface area contributed by atoms with Crippen LogP contribution in [0, 0.1) is 6.92 Å². The lowest BCUT2D eigenvalue weighted by molar-refractivity contribution is 0.0954. The Hall–Kier alpha value is -2.44. The number of aromatic nitrogens is 2. The van der Waals surface area contributed by atoms with Crippen LogP contribution in [0.2, 0.25) is 0 Å². The summed E-state index contributed by atoms with van der Waals surface area (Å²) in [4.78, 5) is 22.8. The van der Waals surface area contributed by atoms with Crippen LogP contribution in [-0.4, -0.2) is 52.6 Å². The summed E-state index contributed by atoms with van der Waals surface area (Å²) in [7, 11) is -3.37. The predicted molar refractivity (Wildman–Crippen MR) is 156 cm³/mol. The van der Waals surface area contributed by atoms with Crippen molar-refractivity contribution in [3.63, 3.8) is 0 Å². The summed E-state index contributed by atoms with van der Waals surface area (Å²) in [5.41, 5.74) is 4.57. The number of nitrogens with one attached hydrogen (secondary N) is 3. The van der Waals surface area contributed by atoms with Crippen molar-refractivity contribution >= 4 is 44.2 Å². The van der Waals surface area contributed by atoms with Crippen LogP contribution >= 0.6 is 22.6 Å². The molecule has 3 N–H and O–H groups in total. The number of H-pyrrole nitrogens is 1. The second-order valence-corrected chi connectivity index (χ2v) is 13.2. The van der Waals surface area contributed by atoms with Gasteiger partial charge in [-0.1, -0.05) is 52.9 Å². The Bertz CT molecular complexity index is 1330. The molecule has 0 radical (unpaired) electrons. The fraction of sp³-hybridized carbons (Fsp3) is 0.407. The highest BCUT2D eigenvalue weighted by Crippen LogP contribution is 2.42. The Morgan fingerprint density at radius 1 is 1.19 bits per heavy atom. The number of hydrogen-bond acceptors (Lipinski definition) is 5. The van der Waals surface area contributed by atoms with E-state index in [9.17, 15) is 13.2 Å². The highest BCUT2D eigenvalue weighted by atomic mass is 127. The average molecular weight is 636 g/mol. The number of nitrogens with zero attached hydrogens (tertiary/aromatic N) is 2. The van der Waals surface area contributed by atoms with Crippen molar-refractivity contribution in [2.45, 2.75) is 49.1 Å². The van der Waals surface area contributed by atoms with Crippen molar-refractivity contribution in [2.24, 2.45) is 0 Å². The Kier molecular flexibility index (Phi) is 8.91. The number of carbonyl (C=O) groups excluding carboxylic acids is 1. The fourth-order valence-electron chi connectivity index (χ4n) is 5.13. The number of anilines is 1. The number of aromatic amines is 1. The van der Waals surface area contributed by atoms with E-state index in [0.29, 0.717) is 24.2 Å². The summed E-state index contributed by atoms with van der Waals surface area (Å²) in [5.74, 6) is 0.983. The Labute approximate surface area is 232 Å². The smallest absolute Gasteiger partial charge is 0.251 e. The standard InChI is InChI=1S/C27H34IN5O3S/c1-18-8-7-11-22(32-37(3,35)36)26(18)21-12-13-24(33(17-21)19(2)28)23-16-30-25(31-23)14-15-29-27(34)20-9-5-4-6-10-20/h4-11,16,19,21,24,32H,12-15,17H2,1-3H3,(H,29,34)(H,30,31). The zero-order chi connectivity index (χ0) is 26.6. The van der Waals surface area contributed by atoms with E-state index < -0.39 is 10.0 Å². The second kappa shape index (κ2) is 12.0. The van der Waals surface area contributed by atoms with E-state index >= 15 is 0 Å². The van der Waals surface area contributed by atoms with Gasteiger partial charge in [0, 0.05) is 31.3 Å². The first-order valence-electron chi connectivity index (χ1n) is 12.5. The van der Waals surface area contributed by atoms with E-state index in [-0.39, 0.29) is 21.9 Å². The van der Waals surface area contributed by atoms with Crippen LogP contribution in [0.3, 0.4) is 0 Å². The van der Waals surface area contributed by atoms with Gasteiger partial charge in [0.1, 0.15) is 5.82 Å². The number of halogens is 1. The number of rotatable bonds is 9. The Morgan fingerprint density at radius 3 is 2.65 bits per heavy atom. The lowest BCUT2D eigenvalue weighted by atomic mass is 9.83. The summed E-state index contributed by atoms with van der Waals surface area (Å²) in [5, 5.41) is 2.95. The number of alkyl halides is 1. The maximum atomic E-state index is 12.3. The molecule has 4 rings (SSSR count). The molecule has 198 valence electrons. The molecule has 1 aliphatic heterocycles. The third-order valence-electron chi connectivity index (χ3n) is 6.80. The monoisotopic (exact) mass is 635 g/mol. The fourth-order valence-corrected chi connectivity index (χ4v) is 6.33. The summed E-state index contributed by atoms with van der Waals surface area (Å²) in [6.07, 6.45) is 5.59. The van der Waals surface area contributed by atoms with Gasteiger partial charge >= 0.3 is 0 Å². The Morgan fingerprint density at radius 2 is 1.95 bits per heavy atom. The SMILES string of the molecule is Cc1cccc(NS(C)(=O)=O)c1C1CCC(c2cnc(CCNC(=O)c3ccccc3)[nH]2)N(C(C)I)C1. The minimum Gasteiger partial charge on any atom is -0.352 e. The molecular formula is C27H34IN5O3S. The number of carbonyl (C=O) groups is 1. The van der Waals surface area contributed by atoms with Crippen molar-refractivity contribution < 1.29 is 13.2 Å². The quantitative estimate of drug-likeness (QED) is 0.179. The molecule has 2 heterocycles. The molecule has 1 fully saturated rings. The molecule has 0 saturated carbocycles. The van der Waals surface area contributed by atoms with E-state index in [1.807, 2.05) is 49.5 Å². The largest absolute Gasteiger partial charge is 0.352 e. The lowest BCUT2D eigenvalue weighted by Gasteiger charge is -2.42. The molecule has 2 aromatic carbocycles. The Balaban J connectivity index is 1.43. The molecule has 37 heavy (non-hydrogen) atoms. The number of piperidine rings is 1. The number of sulfonamides is 1. The molecule has 10 heteroatoms. The van der Waals surface area contributed by atoms with Crippen molar-refractivity contribution in [1.82, 2.24) is 20.2 Å². The molecular weight excluding hydrogens is 601 g/mol. The number of amides is 1. The van der Waals surface area contributed by atoms with Crippen LogP contribution in [0.25, 0.3) is 0 Å². The van der Waals surface area contributed by atoms with Gasteiger partial charge in [-0.05, 0) is 61.9 Å². The van der Waals surface area contributed by atoms with Gasteiger partial charge in [-0.2, -0.15) is 0 Å². The molecule has 0 aliphatic carbocycles. The first-order chi connectivity index (χ1) is 17.6. The zero-order valence-electron chi connectivity index (χ0n) is 21.4. The van der Waals surface area contributed by atoms with Crippen LogP contribution in [-0.2, 0) is 16.4 Å².